The summed E-state index contributed by atoms with van der Waals surface area (Å²) in [5.74, 6) is 0.770. The number of unbranched alkanes of at least 4 members (excludes halogenated alkanes) is 4. The lowest BCUT2D eigenvalue weighted by atomic mass is 10.1. The molecule has 0 spiro atoms. The predicted octanol–water partition coefficient (Wildman–Crippen LogP) is 4.34. The molecule has 0 atom stereocenters. The Bertz CT molecular complexity index is 544. The minimum Gasteiger partial charge on any atom is -0.466 e. The molecule has 0 aliphatic carbocycles. The average Bonchev–Trinajstić information content (AvgIpc) is 2.93. The van der Waals surface area contributed by atoms with Crippen LogP contribution in [0.1, 0.15) is 68.0 Å². The van der Waals surface area contributed by atoms with Gasteiger partial charge in [-0.3, -0.25) is 4.79 Å². The number of nitrogens with zero attached hydrogens (tertiary/aromatic N) is 2. The molecule has 2 N–H and O–H groups in total. The van der Waals surface area contributed by atoms with Gasteiger partial charge in [0.25, 0.3) is 0 Å². The van der Waals surface area contributed by atoms with Crippen molar-refractivity contribution in [2.75, 3.05) is 19.7 Å². The van der Waals surface area contributed by atoms with Crippen LogP contribution in [0.3, 0.4) is 0 Å². The van der Waals surface area contributed by atoms with Crippen LogP contribution in [0, 0.1) is 13.8 Å². The quantitative estimate of drug-likeness (QED) is 0.144. The molecule has 1 aromatic rings. The highest BCUT2D eigenvalue weighted by Gasteiger charge is 2.04. The second-order valence-corrected chi connectivity index (χ2v) is 7.48. The van der Waals surface area contributed by atoms with Crippen LogP contribution in [0.4, 0.5) is 0 Å². The molecule has 6 nitrogen and oxygen atoms in total. The minimum atomic E-state index is -0.0775. The maximum absolute atomic E-state index is 11.2. The van der Waals surface area contributed by atoms with E-state index >= 15 is 0 Å². The molecular formula is C19H35IN4O2S. The van der Waals surface area contributed by atoms with E-state index < -0.39 is 0 Å². The zero-order valence-electron chi connectivity index (χ0n) is 17.1. The number of rotatable bonds is 12. The van der Waals surface area contributed by atoms with Crippen LogP contribution in [-0.2, 0) is 16.1 Å². The van der Waals surface area contributed by atoms with Gasteiger partial charge in [-0.25, -0.2) is 9.98 Å². The van der Waals surface area contributed by atoms with Crippen molar-refractivity contribution < 1.29 is 9.53 Å². The second kappa shape index (κ2) is 16.1. The van der Waals surface area contributed by atoms with Crippen LogP contribution >= 0.6 is 35.3 Å². The van der Waals surface area contributed by atoms with E-state index in [4.69, 9.17) is 4.74 Å². The Morgan fingerprint density at radius 3 is 2.44 bits per heavy atom. The van der Waals surface area contributed by atoms with E-state index in [0.29, 0.717) is 19.6 Å². The highest BCUT2D eigenvalue weighted by Crippen LogP contribution is 2.16. The molecule has 156 valence electrons. The van der Waals surface area contributed by atoms with Crippen molar-refractivity contribution >= 4 is 47.2 Å². The fourth-order valence-corrected chi connectivity index (χ4v) is 3.32. The van der Waals surface area contributed by atoms with Gasteiger partial charge in [-0.05, 0) is 40.5 Å². The third-order valence-electron chi connectivity index (χ3n) is 3.94. The first kappa shape index (κ1) is 26.1. The summed E-state index contributed by atoms with van der Waals surface area (Å²) >= 11 is 1.71. The molecule has 1 rings (SSSR count). The SMILES string of the molecule is CCNC(=NCc1nc(C)c(C)s1)NCCCCCCCC(=O)OCC.I. The Morgan fingerprint density at radius 1 is 1.11 bits per heavy atom. The van der Waals surface area contributed by atoms with Gasteiger partial charge in [0, 0.05) is 24.4 Å². The summed E-state index contributed by atoms with van der Waals surface area (Å²) < 4.78 is 4.93. The van der Waals surface area contributed by atoms with Crippen molar-refractivity contribution in [2.24, 2.45) is 4.99 Å². The van der Waals surface area contributed by atoms with Crippen molar-refractivity contribution in [1.29, 1.82) is 0 Å². The summed E-state index contributed by atoms with van der Waals surface area (Å²) in [5, 5.41) is 7.71. The zero-order chi connectivity index (χ0) is 19.2. The molecule has 1 heterocycles. The number of ether oxygens (including phenoxy) is 1. The molecule has 0 amide bonds. The Hall–Kier alpha value is -0.900. The minimum absolute atomic E-state index is 0. The van der Waals surface area contributed by atoms with Gasteiger partial charge >= 0.3 is 5.97 Å². The summed E-state index contributed by atoms with van der Waals surface area (Å²) in [5.41, 5.74) is 1.10. The maximum atomic E-state index is 11.2. The standard InChI is InChI=1S/C19H34N4O2S.HI/c1-5-20-19(22-14-17-23-15(3)16(4)26-17)21-13-11-9-7-8-10-12-18(24)25-6-2;/h5-14H2,1-4H3,(H2,20,21,22);1H. The number of guanidine groups is 1. The predicted molar refractivity (Wildman–Crippen MR) is 124 cm³/mol. The molecule has 1 aromatic heterocycles. The molecule has 0 unspecified atom stereocenters. The lowest BCUT2D eigenvalue weighted by molar-refractivity contribution is -0.143. The van der Waals surface area contributed by atoms with Crippen molar-refractivity contribution in [2.45, 2.75) is 72.8 Å². The summed E-state index contributed by atoms with van der Waals surface area (Å²) in [6, 6.07) is 0. The Morgan fingerprint density at radius 2 is 1.81 bits per heavy atom. The molecule has 0 saturated carbocycles. The molecule has 0 saturated heterocycles. The Labute approximate surface area is 185 Å². The smallest absolute Gasteiger partial charge is 0.305 e. The summed E-state index contributed by atoms with van der Waals surface area (Å²) in [6.07, 6.45) is 5.93. The summed E-state index contributed by atoms with van der Waals surface area (Å²) in [7, 11) is 0. The maximum Gasteiger partial charge on any atom is 0.305 e. The molecule has 0 bridgehead atoms. The number of carbonyl (C=O) groups excluding carboxylic acids is 1. The van der Waals surface area contributed by atoms with Crippen molar-refractivity contribution in [3.63, 3.8) is 0 Å². The Kier molecular flexibility index (Phi) is 15.6. The number of aromatic nitrogens is 1. The van der Waals surface area contributed by atoms with Gasteiger partial charge in [0.2, 0.25) is 0 Å². The molecule has 8 heteroatoms. The molecule has 0 aromatic carbocycles. The third-order valence-corrected chi connectivity index (χ3v) is 5.00. The zero-order valence-corrected chi connectivity index (χ0v) is 20.2. The average molecular weight is 510 g/mol. The number of carbonyl (C=O) groups is 1. The van der Waals surface area contributed by atoms with Crippen molar-refractivity contribution in [3.8, 4) is 0 Å². The topological polar surface area (TPSA) is 75.6 Å². The van der Waals surface area contributed by atoms with Crippen LogP contribution in [-0.4, -0.2) is 36.6 Å². The van der Waals surface area contributed by atoms with E-state index in [1.54, 1.807) is 11.3 Å². The molecule has 0 fully saturated rings. The van der Waals surface area contributed by atoms with E-state index in [-0.39, 0.29) is 29.9 Å². The van der Waals surface area contributed by atoms with Crippen LogP contribution < -0.4 is 10.6 Å². The summed E-state index contributed by atoms with van der Waals surface area (Å²) in [4.78, 5) is 21.6. The lowest BCUT2D eigenvalue weighted by Gasteiger charge is -2.10. The van der Waals surface area contributed by atoms with Crippen molar-refractivity contribution in [1.82, 2.24) is 15.6 Å². The molecule has 0 aliphatic heterocycles. The number of aliphatic imine (C=N–C) groups is 1. The second-order valence-electron chi connectivity index (χ2n) is 6.19. The number of hydrogen-bond acceptors (Lipinski definition) is 5. The fourth-order valence-electron chi connectivity index (χ4n) is 2.46. The van der Waals surface area contributed by atoms with Crippen molar-refractivity contribution in [3.05, 3.63) is 15.6 Å². The molecule has 0 radical (unpaired) electrons. The van der Waals surface area contributed by atoms with Gasteiger partial charge in [-0.1, -0.05) is 19.3 Å². The van der Waals surface area contributed by atoms with Gasteiger partial charge in [0.05, 0.1) is 18.8 Å². The number of aryl methyl sites for hydroxylation is 2. The number of halogens is 1. The number of hydrogen-bond donors (Lipinski definition) is 2. The van der Waals surface area contributed by atoms with Gasteiger partial charge in [0.1, 0.15) is 5.01 Å². The number of nitrogens with one attached hydrogen (secondary N) is 2. The summed E-state index contributed by atoms with van der Waals surface area (Å²) in [6.45, 7) is 10.9. The van der Waals surface area contributed by atoms with Gasteiger partial charge in [-0.15, -0.1) is 35.3 Å². The van der Waals surface area contributed by atoms with Crippen LogP contribution in [0.2, 0.25) is 0 Å². The molecule has 0 aliphatic rings. The van der Waals surface area contributed by atoms with E-state index in [1.807, 2.05) is 13.8 Å². The Balaban J connectivity index is 0.00000676. The van der Waals surface area contributed by atoms with Gasteiger partial charge in [-0.2, -0.15) is 0 Å². The van der Waals surface area contributed by atoms with E-state index in [1.165, 1.54) is 4.88 Å². The first-order chi connectivity index (χ1) is 12.6. The normalized spacial score (nSPS) is 11.0. The van der Waals surface area contributed by atoms with E-state index in [2.05, 4.69) is 34.5 Å². The third kappa shape index (κ3) is 12.2. The first-order valence-corrected chi connectivity index (χ1v) is 10.5. The van der Waals surface area contributed by atoms with Crippen LogP contribution in [0.25, 0.3) is 0 Å². The fraction of sp³-hybridized carbons (Fsp3) is 0.737. The first-order valence-electron chi connectivity index (χ1n) is 9.67. The highest BCUT2D eigenvalue weighted by atomic mass is 127. The molecule has 27 heavy (non-hydrogen) atoms. The largest absolute Gasteiger partial charge is 0.466 e. The van der Waals surface area contributed by atoms with Gasteiger partial charge < -0.3 is 15.4 Å². The van der Waals surface area contributed by atoms with E-state index in [0.717, 1.165) is 61.9 Å². The number of esters is 1. The highest BCUT2D eigenvalue weighted by molar-refractivity contribution is 14.0. The monoisotopic (exact) mass is 510 g/mol. The van der Waals surface area contributed by atoms with Crippen LogP contribution in [0.5, 0.6) is 0 Å². The van der Waals surface area contributed by atoms with E-state index in [9.17, 15) is 4.79 Å². The number of thiazole rings is 1. The lowest BCUT2D eigenvalue weighted by Crippen LogP contribution is -2.37. The van der Waals surface area contributed by atoms with Gasteiger partial charge in [0.15, 0.2) is 5.96 Å². The van der Waals surface area contributed by atoms with Crippen LogP contribution in [0.15, 0.2) is 4.99 Å². The molecular weight excluding hydrogens is 475 g/mol.